The molecule has 29 heavy (non-hydrogen) atoms. The molecule has 4 atom stereocenters. The zero-order valence-corrected chi connectivity index (χ0v) is 18.0. The Balaban J connectivity index is 1.55. The molecule has 1 saturated carbocycles. The number of hydrogen-bond donors (Lipinski definition) is 1. The molecule has 7 heteroatoms. The second-order valence-electron chi connectivity index (χ2n) is 8.35. The molecule has 4 nitrogen and oxygen atoms in total. The van der Waals surface area contributed by atoms with Crippen LogP contribution in [0.2, 0.25) is 4.34 Å². The minimum absolute atomic E-state index is 0.0103. The highest BCUT2D eigenvalue weighted by Gasteiger charge is 2.49. The molecule has 1 N–H and O–H groups in total. The van der Waals surface area contributed by atoms with Crippen molar-refractivity contribution in [1.29, 1.82) is 0 Å². The molecule has 2 amide bonds. The van der Waals surface area contributed by atoms with Crippen LogP contribution in [0.5, 0.6) is 0 Å². The Morgan fingerprint density at radius 3 is 2.66 bits per heavy atom. The largest absolute Gasteiger partial charge is 0.346 e. The number of carbonyl (C=O) groups excluding carboxylic acids is 2. The summed E-state index contributed by atoms with van der Waals surface area (Å²) in [4.78, 5) is 28.1. The molecular weight excluding hydrogens is 411 g/mol. The third-order valence-electron chi connectivity index (χ3n) is 5.78. The van der Waals surface area contributed by atoms with Crippen molar-refractivity contribution < 1.29 is 14.0 Å². The van der Waals surface area contributed by atoms with Crippen LogP contribution in [0, 0.1) is 17.7 Å². The predicted octanol–water partition coefficient (Wildman–Crippen LogP) is 4.76. The van der Waals surface area contributed by atoms with E-state index in [0.29, 0.717) is 17.3 Å². The Kier molecular flexibility index (Phi) is 5.67. The SMILES string of the molecule is CC(C)C[C@H]1C(=O)N[C@@H](c2ccsc2Cl)CN1C(=O)[C@@H]1C[C@H]1c1ccc(F)cc1. The lowest BCUT2D eigenvalue weighted by atomic mass is 9.95. The number of hydrogen-bond acceptors (Lipinski definition) is 3. The van der Waals surface area contributed by atoms with Gasteiger partial charge in [-0.3, -0.25) is 9.59 Å². The summed E-state index contributed by atoms with van der Waals surface area (Å²) in [6.07, 6.45) is 1.36. The molecule has 2 aliphatic rings. The lowest BCUT2D eigenvalue weighted by molar-refractivity contribution is -0.146. The number of benzene rings is 1. The highest BCUT2D eigenvalue weighted by Crippen LogP contribution is 2.49. The minimum Gasteiger partial charge on any atom is -0.346 e. The fourth-order valence-corrected chi connectivity index (χ4v) is 5.22. The first-order valence-electron chi connectivity index (χ1n) is 9.94. The number of halogens is 2. The van der Waals surface area contributed by atoms with Crippen LogP contribution < -0.4 is 5.32 Å². The van der Waals surface area contributed by atoms with Gasteiger partial charge in [0.2, 0.25) is 11.8 Å². The van der Waals surface area contributed by atoms with E-state index in [-0.39, 0.29) is 41.4 Å². The summed E-state index contributed by atoms with van der Waals surface area (Å²) < 4.78 is 13.9. The van der Waals surface area contributed by atoms with Crippen molar-refractivity contribution in [1.82, 2.24) is 10.2 Å². The number of piperazine rings is 1. The molecule has 0 radical (unpaired) electrons. The van der Waals surface area contributed by atoms with E-state index in [2.05, 4.69) is 19.2 Å². The van der Waals surface area contributed by atoms with Gasteiger partial charge in [-0.1, -0.05) is 37.6 Å². The fraction of sp³-hybridized carbons (Fsp3) is 0.455. The third-order valence-corrected chi connectivity index (χ3v) is 6.98. The Labute approximate surface area is 179 Å². The van der Waals surface area contributed by atoms with E-state index in [1.807, 2.05) is 11.4 Å². The van der Waals surface area contributed by atoms with E-state index in [0.717, 1.165) is 17.5 Å². The first-order chi connectivity index (χ1) is 13.8. The van der Waals surface area contributed by atoms with Crippen LogP contribution in [0.15, 0.2) is 35.7 Å². The zero-order chi connectivity index (χ0) is 20.7. The topological polar surface area (TPSA) is 49.4 Å². The molecule has 0 bridgehead atoms. The van der Waals surface area contributed by atoms with E-state index in [4.69, 9.17) is 11.6 Å². The van der Waals surface area contributed by atoms with E-state index in [9.17, 15) is 14.0 Å². The molecule has 1 aromatic heterocycles. The Morgan fingerprint density at radius 2 is 2.03 bits per heavy atom. The highest BCUT2D eigenvalue weighted by atomic mass is 35.5. The van der Waals surface area contributed by atoms with Crippen LogP contribution in [-0.2, 0) is 9.59 Å². The van der Waals surface area contributed by atoms with Crippen molar-refractivity contribution in [3.05, 3.63) is 57.0 Å². The fourth-order valence-electron chi connectivity index (χ4n) is 4.19. The second kappa shape index (κ2) is 8.07. The number of amides is 2. The molecule has 1 aromatic carbocycles. The van der Waals surface area contributed by atoms with Crippen molar-refractivity contribution in [2.24, 2.45) is 11.8 Å². The van der Waals surface area contributed by atoms with Crippen molar-refractivity contribution in [3.63, 3.8) is 0 Å². The maximum Gasteiger partial charge on any atom is 0.243 e. The molecule has 1 aliphatic heterocycles. The standard InChI is InChI=1S/C22H24ClFN2O2S/c1-12(2)9-19-21(27)25-18(15-7-8-29-20(15)23)11-26(19)22(28)17-10-16(17)13-3-5-14(24)6-4-13/h3-8,12,16-19H,9-11H2,1-2H3,(H,25,27)/t16-,17+,18+,19-/m0/s1. The molecule has 1 saturated heterocycles. The number of carbonyl (C=O) groups is 2. The number of nitrogens with zero attached hydrogens (tertiary/aromatic N) is 1. The van der Waals surface area contributed by atoms with Gasteiger partial charge in [0.1, 0.15) is 11.9 Å². The minimum atomic E-state index is -0.467. The molecule has 4 rings (SSSR count). The van der Waals surface area contributed by atoms with Crippen LogP contribution >= 0.6 is 22.9 Å². The summed E-state index contributed by atoms with van der Waals surface area (Å²) in [6.45, 7) is 4.53. The Hall–Kier alpha value is -1.92. The quantitative estimate of drug-likeness (QED) is 0.737. The van der Waals surface area contributed by atoms with Gasteiger partial charge in [0, 0.05) is 18.0 Å². The summed E-state index contributed by atoms with van der Waals surface area (Å²) in [6, 6.07) is 7.49. The number of thiophene rings is 1. The van der Waals surface area contributed by atoms with E-state index in [1.165, 1.54) is 23.5 Å². The Morgan fingerprint density at radius 1 is 1.31 bits per heavy atom. The first kappa shape index (κ1) is 20.4. The Bertz CT molecular complexity index is 914. The van der Waals surface area contributed by atoms with Gasteiger partial charge in [-0.25, -0.2) is 4.39 Å². The van der Waals surface area contributed by atoms with E-state index < -0.39 is 6.04 Å². The summed E-state index contributed by atoms with van der Waals surface area (Å²) in [7, 11) is 0. The maximum atomic E-state index is 13.4. The molecule has 2 heterocycles. The van der Waals surface area contributed by atoms with Gasteiger partial charge in [0.25, 0.3) is 0 Å². The molecule has 1 aliphatic carbocycles. The van der Waals surface area contributed by atoms with Crippen LogP contribution in [0.3, 0.4) is 0 Å². The van der Waals surface area contributed by atoms with Crippen LogP contribution in [0.4, 0.5) is 4.39 Å². The normalized spacial score (nSPS) is 26.5. The summed E-state index contributed by atoms with van der Waals surface area (Å²) >= 11 is 7.71. The van der Waals surface area contributed by atoms with Gasteiger partial charge in [-0.15, -0.1) is 11.3 Å². The number of rotatable bonds is 5. The molecule has 0 unspecified atom stereocenters. The van der Waals surface area contributed by atoms with Crippen molar-refractivity contribution in [2.45, 2.75) is 44.7 Å². The van der Waals surface area contributed by atoms with E-state index >= 15 is 0 Å². The van der Waals surface area contributed by atoms with Gasteiger partial charge in [-0.2, -0.15) is 0 Å². The molecule has 154 valence electrons. The van der Waals surface area contributed by atoms with Crippen LogP contribution in [-0.4, -0.2) is 29.3 Å². The smallest absolute Gasteiger partial charge is 0.243 e. The summed E-state index contributed by atoms with van der Waals surface area (Å²) in [5.41, 5.74) is 1.83. The van der Waals surface area contributed by atoms with Crippen molar-refractivity contribution in [2.75, 3.05) is 6.54 Å². The zero-order valence-electron chi connectivity index (χ0n) is 16.4. The van der Waals surface area contributed by atoms with Gasteiger partial charge in [-0.05, 0) is 53.8 Å². The molecule has 2 aromatic rings. The monoisotopic (exact) mass is 434 g/mol. The van der Waals surface area contributed by atoms with Gasteiger partial charge in [0.15, 0.2) is 0 Å². The molecular formula is C22H24ClFN2O2S. The molecule has 0 spiro atoms. The van der Waals surface area contributed by atoms with Crippen LogP contribution in [0.25, 0.3) is 0 Å². The van der Waals surface area contributed by atoms with Crippen LogP contribution in [0.1, 0.15) is 49.8 Å². The van der Waals surface area contributed by atoms with Gasteiger partial charge >= 0.3 is 0 Å². The predicted molar refractivity (Wildman–Crippen MR) is 112 cm³/mol. The lowest BCUT2D eigenvalue weighted by Gasteiger charge is -2.40. The first-order valence-corrected chi connectivity index (χ1v) is 11.2. The average molecular weight is 435 g/mol. The maximum absolute atomic E-state index is 13.4. The molecule has 2 fully saturated rings. The lowest BCUT2D eigenvalue weighted by Crippen LogP contribution is -2.59. The van der Waals surface area contributed by atoms with E-state index in [1.54, 1.807) is 17.0 Å². The van der Waals surface area contributed by atoms with Gasteiger partial charge < -0.3 is 10.2 Å². The third kappa shape index (κ3) is 4.19. The van der Waals surface area contributed by atoms with Crippen molar-refractivity contribution in [3.8, 4) is 0 Å². The number of nitrogens with one attached hydrogen (secondary N) is 1. The average Bonchev–Trinajstić information content (AvgIpc) is 3.36. The second-order valence-corrected chi connectivity index (χ2v) is 9.87. The summed E-state index contributed by atoms with van der Waals surface area (Å²) in [5, 5.41) is 4.95. The highest BCUT2D eigenvalue weighted by molar-refractivity contribution is 7.14. The summed E-state index contributed by atoms with van der Waals surface area (Å²) in [5.74, 6) is -0.164. The van der Waals surface area contributed by atoms with Gasteiger partial charge in [0.05, 0.1) is 10.4 Å². The van der Waals surface area contributed by atoms with Crippen molar-refractivity contribution >= 4 is 34.8 Å².